The summed E-state index contributed by atoms with van der Waals surface area (Å²) in [7, 11) is 0. The van der Waals surface area contributed by atoms with Crippen molar-refractivity contribution in [3.8, 4) is 0 Å². The molecule has 11 heavy (non-hydrogen) atoms. The van der Waals surface area contributed by atoms with Crippen LogP contribution in [0.1, 0.15) is 20.8 Å². The van der Waals surface area contributed by atoms with Crippen molar-refractivity contribution < 1.29 is 4.39 Å². The Hall–Kier alpha value is -1.05. The highest BCUT2D eigenvalue weighted by molar-refractivity contribution is 5.24. The molecule has 0 saturated heterocycles. The molecule has 0 spiro atoms. The molecule has 2 N–H and O–H groups in total. The number of halogens is 1. The standard InChI is InChI=1S/C7H10FN.C2H6/c1-3-5-6(8)7(9)4-2;1-2/h3-5H,1,9H2,2H3;1-2H3/b6-5+,7-4+;. The van der Waals surface area contributed by atoms with Gasteiger partial charge in [-0.1, -0.05) is 32.6 Å². The second kappa shape index (κ2) is 8.95. The van der Waals surface area contributed by atoms with E-state index in [1.165, 1.54) is 18.2 Å². The van der Waals surface area contributed by atoms with Crippen LogP contribution in [0, 0.1) is 0 Å². The van der Waals surface area contributed by atoms with Gasteiger partial charge < -0.3 is 5.73 Å². The predicted molar refractivity (Wildman–Crippen MR) is 48.7 cm³/mol. The molecule has 64 valence electrons. The number of allylic oxidation sites excluding steroid dienone is 4. The first-order valence-electron chi connectivity index (χ1n) is 3.62. The van der Waals surface area contributed by atoms with Crippen molar-refractivity contribution in [3.05, 3.63) is 36.3 Å². The first-order valence-corrected chi connectivity index (χ1v) is 3.62. The molecule has 0 saturated carbocycles. The lowest BCUT2D eigenvalue weighted by molar-refractivity contribution is 0.648. The third-order valence-corrected chi connectivity index (χ3v) is 0.851. The van der Waals surface area contributed by atoms with Gasteiger partial charge in [0.05, 0.1) is 5.70 Å². The quantitative estimate of drug-likeness (QED) is 0.613. The van der Waals surface area contributed by atoms with Crippen LogP contribution < -0.4 is 5.73 Å². The number of hydrogen-bond donors (Lipinski definition) is 1. The molecule has 0 atom stereocenters. The van der Waals surface area contributed by atoms with E-state index in [0.29, 0.717) is 0 Å². The molecule has 0 radical (unpaired) electrons. The van der Waals surface area contributed by atoms with Crippen molar-refractivity contribution in [2.24, 2.45) is 5.73 Å². The van der Waals surface area contributed by atoms with Crippen molar-refractivity contribution in [1.29, 1.82) is 0 Å². The van der Waals surface area contributed by atoms with Gasteiger partial charge in [-0.15, -0.1) is 0 Å². The van der Waals surface area contributed by atoms with Crippen molar-refractivity contribution in [2.45, 2.75) is 20.8 Å². The highest BCUT2D eigenvalue weighted by Gasteiger charge is 1.92. The first kappa shape index (κ1) is 12.6. The zero-order valence-electron chi connectivity index (χ0n) is 7.39. The predicted octanol–water partition coefficient (Wildman–Crippen LogP) is 2.91. The normalized spacial score (nSPS) is 11.6. The molecule has 1 nitrogen and oxygen atoms in total. The van der Waals surface area contributed by atoms with E-state index in [1.54, 1.807) is 6.92 Å². The van der Waals surface area contributed by atoms with Gasteiger partial charge in [0.25, 0.3) is 0 Å². The largest absolute Gasteiger partial charge is 0.397 e. The van der Waals surface area contributed by atoms with E-state index in [1.807, 2.05) is 13.8 Å². The first-order chi connectivity index (χ1) is 5.22. The molecule has 2 heteroatoms. The Morgan fingerprint density at radius 1 is 1.45 bits per heavy atom. The van der Waals surface area contributed by atoms with Crippen LogP contribution in [-0.4, -0.2) is 0 Å². The lowest BCUT2D eigenvalue weighted by Gasteiger charge is -1.91. The van der Waals surface area contributed by atoms with Crippen molar-refractivity contribution in [2.75, 3.05) is 0 Å². The second-order valence-electron chi connectivity index (χ2n) is 1.49. The third-order valence-electron chi connectivity index (χ3n) is 0.851. The Morgan fingerprint density at radius 2 is 1.91 bits per heavy atom. The minimum atomic E-state index is -0.438. The zero-order valence-corrected chi connectivity index (χ0v) is 7.39. The minimum absolute atomic E-state index is 0.148. The van der Waals surface area contributed by atoms with Crippen molar-refractivity contribution >= 4 is 0 Å². The molecule has 0 heterocycles. The lowest BCUT2D eigenvalue weighted by atomic mass is 10.3. The summed E-state index contributed by atoms with van der Waals surface area (Å²) in [6, 6.07) is 0. The van der Waals surface area contributed by atoms with E-state index >= 15 is 0 Å². The van der Waals surface area contributed by atoms with Gasteiger partial charge in [0.1, 0.15) is 5.83 Å². The fourth-order valence-corrected chi connectivity index (χ4v) is 0.338. The fourth-order valence-electron chi connectivity index (χ4n) is 0.338. The molecule has 0 aliphatic heterocycles. The monoisotopic (exact) mass is 157 g/mol. The highest BCUT2D eigenvalue weighted by Crippen LogP contribution is 2.03. The molecule has 0 aromatic rings. The Balaban J connectivity index is 0. The van der Waals surface area contributed by atoms with Crippen LogP contribution in [0.2, 0.25) is 0 Å². The van der Waals surface area contributed by atoms with Crippen LogP contribution in [0.4, 0.5) is 4.39 Å². The van der Waals surface area contributed by atoms with Gasteiger partial charge in [-0.25, -0.2) is 4.39 Å². The lowest BCUT2D eigenvalue weighted by Crippen LogP contribution is -1.95. The molecule has 0 unspecified atom stereocenters. The van der Waals surface area contributed by atoms with Gasteiger partial charge >= 0.3 is 0 Å². The van der Waals surface area contributed by atoms with Gasteiger partial charge in [-0.3, -0.25) is 0 Å². The fraction of sp³-hybridized carbons (Fsp3) is 0.333. The van der Waals surface area contributed by atoms with Crippen molar-refractivity contribution in [3.63, 3.8) is 0 Å². The van der Waals surface area contributed by atoms with Crippen LogP contribution in [0.5, 0.6) is 0 Å². The maximum atomic E-state index is 12.4. The van der Waals surface area contributed by atoms with E-state index in [0.717, 1.165) is 0 Å². The SMILES string of the molecule is C=C/C=C(F)\C(N)=C/C.CC. The number of hydrogen-bond acceptors (Lipinski definition) is 1. The Bertz CT molecular complexity index is 157. The molecule has 0 aliphatic carbocycles. The average molecular weight is 157 g/mol. The van der Waals surface area contributed by atoms with E-state index in [2.05, 4.69) is 6.58 Å². The summed E-state index contributed by atoms with van der Waals surface area (Å²) in [4.78, 5) is 0. The maximum Gasteiger partial charge on any atom is 0.145 e. The summed E-state index contributed by atoms with van der Waals surface area (Å²) >= 11 is 0. The molecule has 0 amide bonds. The molecule has 0 aromatic heterocycles. The molecule has 0 rings (SSSR count). The summed E-state index contributed by atoms with van der Waals surface area (Å²) in [6.45, 7) is 8.99. The van der Waals surface area contributed by atoms with Gasteiger partial charge in [0.2, 0.25) is 0 Å². The average Bonchev–Trinajstić information content (AvgIpc) is 2.07. The molecule has 0 aliphatic rings. The second-order valence-corrected chi connectivity index (χ2v) is 1.49. The van der Waals surface area contributed by atoms with E-state index in [9.17, 15) is 4.39 Å². The highest BCUT2D eigenvalue weighted by atomic mass is 19.1. The maximum absolute atomic E-state index is 12.4. The molecular weight excluding hydrogens is 141 g/mol. The van der Waals surface area contributed by atoms with Crippen molar-refractivity contribution in [1.82, 2.24) is 0 Å². The van der Waals surface area contributed by atoms with Gasteiger partial charge in [-0.05, 0) is 13.0 Å². The molecule has 0 aromatic carbocycles. The minimum Gasteiger partial charge on any atom is -0.397 e. The number of nitrogens with two attached hydrogens (primary N) is 1. The van der Waals surface area contributed by atoms with Gasteiger partial charge in [0, 0.05) is 0 Å². The Morgan fingerprint density at radius 3 is 2.18 bits per heavy atom. The summed E-state index contributed by atoms with van der Waals surface area (Å²) in [5, 5.41) is 0. The molecular formula is C9H16FN. The Kier molecular flexibility index (Phi) is 10.3. The van der Waals surface area contributed by atoms with Crippen LogP contribution >= 0.6 is 0 Å². The summed E-state index contributed by atoms with van der Waals surface area (Å²) < 4.78 is 12.4. The zero-order chi connectivity index (χ0) is 9.28. The van der Waals surface area contributed by atoms with Crippen LogP contribution in [0.3, 0.4) is 0 Å². The van der Waals surface area contributed by atoms with Crippen LogP contribution in [0.15, 0.2) is 36.3 Å². The summed E-state index contributed by atoms with van der Waals surface area (Å²) in [5.41, 5.74) is 5.32. The van der Waals surface area contributed by atoms with E-state index in [4.69, 9.17) is 5.73 Å². The smallest absolute Gasteiger partial charge is 0.145 e. The summed E-state index contributed by atoms with van der Waals surface area (Å²) in [5.74, 6) is -0.438. The topological polar surface area (TPSA) is 26.0 Å². The van der Waals surface area contributed by atoms with Gasteiger partial charge in [-0.2, -0.15) is 0 Å². The van der Waals surface area contributed by atoms with E-state index < -0.39 is 5.83 Å². The Labute approximate surface area is 68.1 Å². The van der Waals surface area contributed by atoms with E-state index in [-0.39, 0.29) is 5.70 Å². The molecule has 0 fully saturated rings. The van der Waals surface area contributed by atoms with Crippen LogP contribution in [-0.2, 0) is 0 Å². The van der Waals surface area contributed by atoms with Crippen LogP contribution in [0.25, 0.3) is 0 Å². The molecule has 0 bridgehead atoms. The third kappa shape index (κ3) is 6.84. The van der Waals surface area contributed by atoms with Gasteiger partial charge in [0.15, 0.2) is 0 Å². The summed E-state index contributed by atoms with van der Waals surface area (Å²) in [6.07, 6.45) is 4.07. The number of rotatable bonds is 2.